The van der Waals surface area contributed by atoms with Crippen LogP contribution in [0.3, 0.4) is 0 Å². The number of halogens is 1. The number of benzene rings is 2. The number of imidazole rings is 1. The molecule has 162 valence electrons. The molecular weight excluding hydrogens is 472 g/mol. The average Bonchev–Trinajstić information content (AvgIpc) is 3.16. The number of allylic oxidation sites excluding steroid dienone is 1. The molecule has 8 nitrogen and oxygen atoms in total. The summed E-state index contributed by atoms with van der Waals surface area (Å²) in [6, 6.07) is 19.5. The maximum atomic E-state index is 12.9. The van der Waals surface area contributed by atoms with Crippen LogP contribution in [0.1, 0.15) is 11.1 Å². The molecule has 2 heterocycles. The average molecular weight is 493 g/mol. The molecule has 2 aromatic carbocycles. The van der Waals surface area contributed by atoms with Crippen molar-refractivity contribution in [3.05, 3.63) is 97.1 Å². The van der Waals surface area contributed by atoms with E-state index in [0.717, 1.165) is 20.2 Å². The van der Waals surface area contributed by atoms with E-state index in [4.69, 9.17) is 0 Å². The van der Waals surface area contributed by atoms with Gasteiger partial charge in [0.25, 0.3) is 5.56 Å². The van der Waals surface area contributed by atoms with Gasteiger partial charge in [-0.05, 0) is 33.1 Å². The van der Waals surface area contributed by atoms with Crippen LogP contribution in [0.5, 0.6) is 0 Å². The van der Waals surface area contributed by atoms with Crippen molar-refractivity contribution in [1.29, 1.82) is 0 Å². The van der Waals surface area contributed by atoms with Crippen molar-refractivity contribution in [2.24, 2.45) is 19.2 Å². The SMILES string of the molecule is Cn1c(=O)c2c(nc(N/N=C/C(Br)=C/c3ccccc3)n2Cc2ccccc2)n(C)c1=O. The Balaban J connectivity index is 1.75. The van der Waals surface area contributed by atoms with E-state index in [-0.39, 0.29) is 0 Å². The highest BCUT2D eigenvalue weighted by molar-refractivity contribution is 9.12. The summed E-state index contributed by atoms with van der Waals surface area (Å²) >= 11 is 3.48. The molecular formula is C23H21BrN6O2. The normalized spacial score (nSPS) is 12.0. The highest BCUT2D eigenvalue weighted by Crippen LogP contribution is 2.18. The fourth-order valence-electron chi connectivity index (χ4n) is 3.35. The summed E-state index contributed by atoms with van der Waals surface area (Å²) < 4.78 is 4.93. The Morgan fingerprint density at radius 1 is 1.03 bits per heavy atom. The Labute approximate surface area is 192 Å². The summed E-state index contributed by atoms with van der Waals surface area (Å²) in [6.07, 6.45) is 3.54. The first-order valence-electron chi connectivity index (χ1n) is 9.87. The van der Waals surface area contributed by atoms with Crippen LogP contribution in [0.15, 0.2) is 79.8 Å². The molecule has 0 aliphatic carbocycles. The van der Waals surface area contributed by atoms with Crippen LogP contribution in [0.4, 0.5) is 5.95 Å². The fourth-order valence-corrected chi connectivity index (χ4v) is 3.72. The van der Waals surface area contributed by atoms with Crippen molar-refractivity contribution in [3.63, 3.8) is 0 Å². The lowest BCUT2D eigenvalue weighted by Crippen LogP contribution is -2.37. The van der Waals surface area contributed by atoms with E-state index in [1.54, 1.807) is 17.8 Å². The summed E-state index contributed by atoms with van der Waals surface area (Å²) in [6.45, 7) is 0.393. The molecule has 0 aliphatic rings. The fraction of sp³-hybridized carbons (Fsp3) is 0.130. The number of fused-ring (bicyclic) bond motifs is 1. The van der Waals surface area contributed by atoms with Gasteiger partial charge in [-0.15, -0.1) is 0 Å². The predicted molar refractivity (Wildman–Crippen MR) is 131 cm³/mol. The van der Waals surface area contributed by atoms with Gasteiger partial charge in [0, 0.05) is 18.6 Å². The van der Waals surface area contributed by atoms with Gasteiger partial charge in [-0.1, -0.05) is 60.7 Å². The molecule has 4 aromatic rings. The quantitative estimate of drug-likeness (QED) is 0.330. The molecule has 9 heteroatoms. The maximum Gasteiger partial charge on any atom is 0.332 e. The number of nitrogens with zero attached hydrogens (tertiary/aromatic N) is 5. The Morgan fingerprint density at radius 3 is 2.38 bits per heavy atom. The summed E-state index contributed by atoms with van der Waals surface area (Å²) in [4.78, 5) is 29.8. The van der Waals surface area contributed by atoms with E-state index in [2.05, 4.69) is 31.4 Å². The first kappa shape index (κ1) is 21.5. The highest BCUT2D eigenvalue weighted by Gasteiger charge is 2.19. The first-order valence-corrected chi connectivity index (χ1v) is 10.7. The standard InChI is InChI=1S/C23H21BrN6O2/c1-28-20-19(21(31)29(2)23(28)32)30(15-17-11-7-4-8-12-17)22(26-20)27-25-14-18(24)13-16-9-5-3-6-10-16/h3-14H,15H2,1-2H3,(H,26,27)/b18-13-,25-14+. The molecule has 0 bridgehead atoms. The van der Waals surface area contributed by atoms with Crippen LogP contribution in [-0.4, -0.2) is 24.9 Å². The second-order valence-electron chi connectivity index (χ2n) is 7.20. The summed E-state index contributed by atoms with van der Waals surface area (Å²) in [5.74, 6) is 0.360. The van der Waals surface area contributed by atoms with Crippen LogP contribution in [-0.2, 0) is 20.6 Å². The number of hydrogen-bond acceptors (Lipinski definition) is 5. The molecule has 0 aliphatic heterocycles. The Hall–Kier alpha value is -3.72. The molecule has 1 N–H and O–H groups in total. The van der Waals surface area contributed by atoms with Gasteiger partial charge in [-0.3, -0.25) is 18.5 Å². The Bertz CT molecular complexity index is 1430. The third kappa shape index (κ3) is 4.33. The highest BCUT2D eigenvalue weighted by atomic mass is 79.9. The van der Waals surface area contributed by atoms with Crippen LogP contribution < -0.4 is 16.7 Å². The number of anilines is 1. The monoisotopic (exact) mass is 492 g/mol. The summed E-state index contributed by atoms with van der Waals surface area (Å²) in [5, 5.41) is 4.27. The van der Waals surface area contributed by atoms with Crippen molar-refractivity contribution in [1.82, 2.24) is 18.7 Å². The molecule has 0 fully saturated rings. The zero-order chi connectivity index (χ0) is 22.7. The Kier molecular flexibility index (Phi) is 6.18. The third-order valence-electron chi connectivity index (χ3n) is 4.99. The summed E-state index contributed by atoms with van der Waals surface area (Å²) in [7, 11) is 3.05. The van der Waals surface area contributed by atoms with Gasteiger partial charge in [0.05, 0.1) is 12.8 Å². The Morgan fingerprint density at radius 2 is 1.69 bits per heavy atom. The molecule has 0 saturated carbocycles. The minimum Gasteiger partial charge on any atom is -0.298 e. The lowest BCUT2D eigenvalue weighted by atomic mass is 10.2. The molecule has 4 rings (SSSR count). The van der Waals surface area contributed by atoms with Crippen molar-refractivity contribution in [2.75, 3.05) is 5.43 Å². The van der Waals surface area contributed by atoms with Crippen molar-refractivity contribution in [3.8, 4) is 0 Å². The van der Waals surface area contributed by atoms with Gasteiger partial charge in [0.15, 0.2) is 11.2 Å². The topological polar surface area (TPSA) is 86.2 Å². The molecule has 2 aromatic heterocycles. The zero-order valence-electron chi connectivity index (χ0n) is 17.6. The van der Waals surface area contributed by atoms with E-state index in [9.17, 15) is 9.59 Å². The molecule has 0 spiro atoms. The van der Waals surface area contributed by atoms with Gasteiger partial charge in [-0.25, -0.2) is 10.2 Å². The third-order valence-corrected chi connectivity index (χ3v) is 5.42. The van der Waals surface area contributed by atoms with Gasteiger partial charge in [-0.2, -0.15) is 10.1 Å². The zero-order valence-corrected chi connectivity index (χ0v) is 19.2. The van der Waals surface area contributed by atoms with Crippen LogP contribution in [0.2, 0.25) is 0 Å². The number of hydrazone groups is 1. The maximum absolute atomic E-state index is 12.9. The largest absolute Gasteiger partial charge is 0.332 e. The van der Waals surface area contributed by atoms with Crippen LogP contribution >= 0.6 is 15.9 Å². The van der Waals surface area contributed by atoms with E-state index in [1.165, 1.54) is 11.6 Å². The molecule has 32 heavy (non-hydrogen) atoms. The van der Waals surface area contributed by atoms with E-state index in [1.807, 2.05) is 66.7 Å². The molecule has 0 atom stereocenters. The smallest absolute Gasteiger partial charge is 0.298 e. The first-order chi connectivity index (χ1) is 15.5. The molecule has 0 saturated heterocycles. The number of aryl methyl sites for hydroxylation is 1. The minimum absolute atomic E-state index is 0.297. The van der Waals surface area contributed by atoms with Gasteiger partial charge in [0.1, 0.15) is 0 Å². The number of hydrogen-bond donors (Lipinski definition) is 1. The molecule has 0 amide bonds. The van der Waals surface area contributed by atoms with Crippen molar-refractivity contribution >= 4 is 45.3 Å². The molecule has 0 unspecified atom stereocenters. The predicted octanol–water partition coefficient (Wildman–Crippen LogP) is 3.32. The number of rotatable bonds is 6. The van der Waals surface area contributed by atoms with Crippen molar-refractivity contribution < 1.29 is 0 Å². The number of aromatic nitrogens is 4. The number of nitrogens with one attached hydrogen (secondary N) is 1. The second-order valence-corrected chi connectivity index (χ2v) is 8.11. The van der Waals surface area contributed by atoms with Crippen LogP contribution in [0, 0.1) is 0 Å². The van der Waals surface area contributed by atoms with Gasteiger partial charge in [0.2, 0.25) is 5.95 Å². The second kappa shape index (κ2) is 9.19. The van der Waals surface area contributed by atoms with E-state index < -0.39 is 11.2 Å². The van der Waals surface area contributed by atoms with E-state index in [0.29, 0.717) is 23.7 Å². The minimum atomic E-state index is -0.435. The van der Waals surface area contributed by atoms with Crippen molar-refractivity contribution in [2.45, 2.75) is 6.54 Å². The molecule has 0 radical (unpaired) electrons. The van der Waals surface area contributed by atoms with Crippen LogP contribution in [0.25, 0.3) is 17.2 Å². The lowest BCUT2D eigenvalue weighted by molar-refractivity contribution is 0.702. The lowest BCUT2D eigenvalue weighted by Gasteiger charge is -2.09. The van der Waals surface area contributed by atoms with Gasteiger partial charge < -0.3 is 0 Å². The van der Waals surface area contributed by atoms with Gasteiger partial charge >= 0.3 is 5.69 Å². The summed E-state index contributed by atoms with van der Waals surface area (Å²) in [5.41, 5.74) is 4.72. The van der Waals surface area contributed by atoms with E-state index >= 15 is 0 Å².